The molecule has 0 radical (unpaired) electrons. The number of ether oxygens (including phenoxy) is 2. The van der Waals surface area contributed by atoms with Crippen LogP contribution in [0.5, 0.6) is 0 Å². The van der Waals surface area contributed by atoms with Crippen molar-refractivity contribution in [3.63, 3.8) is 0 Å². The summed E-state index contributed by atoms with van der Waals surface area (Å²) in [6.07, 6.45) is 0.0922. The SMILES string of the molecule is CC(=O)NC[C@H]1CN(c2ccc(-c3ccc(CN(CCSc4cnn[nH]4)C(=O)OC(C)(C)C)cc3)c(F)c2)C(=O)O1. The van der Waals surface area contributed by atoms with Crippen LogP contribution >= 0.6 is 11.8 Å². The maximum atomic E-state index is 15.2. The van der Waals surface area contributed by atoms with Crippen molar-refractivity contribution in [2.45, 2.75) is 51.0 Å². The highest BCUT2D eigenvalue weighted by atomic mass is 32.2. The number of amides is 3. The molecule has 0 unspecified atom stereocenters. The van der Waals surface area contributed by atoms with Crippen molar-refractivity contribution in [1.82, 2.24) is 25.6 Å². The molecule has 1 fully saturated rings. The molecule has 4 rings (SSSR count). The predicted octanol–water partition coefficient (Wildman–Crippen LogP) is 4.60. The summed E-state index contributed by atoms with van der Waals surface area (Å²) in [6, 6.07) is 11.8. The van der Waals surface area contributed by atoms with Crippen molar-refractivity contribution in [3.05, 3.63) is 60.0 Å². The molecule has 3 amide bonds. The zero-order chi connectivity index (χ0) is 29.6. The Morgan fingerprint density at radius 3 is 2.63 bits per heavy atom. The summed E-state index contributed by atoms with van der Waals surface area (Å²) in [5.74, 6) is -0.105. The van der Waals surface area contributed by atoms with Crippen LogP contribution in [0.25, 0.3) is 11.1 Å². The fraction of sp³-hybridized carbons (Fsp3) is 0.393. The highest BCUT2D eigenvalue weighted by molar-refractivity contribution is 7.99. The van der Waals surface area contributed by atoms with Gasteiger partial charge in [-0.1, -0.05) is 29.5 Å². The standard InChI is InChI=1S/C28H33FN6O5S/c1-18(36)30-14-22-17-35(27(38)39-22)21-9-10-23(24(29)13-21)20-7-5-19(6-8-20)16-34(26(37)40-28(2,3)4)11-12-41-25-15-31-33-32-25/h5-10,13,15,22H,11-12,14,16-17H2,1-4H3,(H,30,36)(H,31,32,33)/t22-/m0/s1. The monoisotopic (exact) mass is 584 g/mol. The molecule has 0 bridgehead atoms. The van der Waals surface area contributed by atoms with Crippen LogP contribution < -0.4 is 10.2 Å². The number of anilines is 1. The van der Waals surface area contributed by atoms with Gasteiger partial charge in [-0.15, -0.1) is 16.9 Å². The minimum Gasteiger partial charge on any atom is -0.444 e. The number of rotatable bonds is 10. The van der Waals surface area contributed by atoms with Crippen LogP contribution in [0.2, 0.25) is 0 Å². The molecule has 0 saturated carbocycles. The summed E-state index contributed by atoms with van der Waals surface area (Å²) in [6.45, 7) is 7.98. The van der Waals surface area contributed by atoms with Crippen LogP contribution in [-0.2, 0) is 20.8 Å². The molecule has 13 heteroatoms. The minimum absolute atomic E-state index is 0.191. The van der Waals surface area contributed by atoms with E-state index in [2.05, 4.69) is 20.7 Å². The van der Waals surface area contributed by atoms with Crippen molar-refractivity contribution >= 4 is 35.5 Å². The number of aromatic amines is 1. The Morgan fingerprint density at radius 1 is 1.24 bits per heavy atom. The Morgan fingerprint density at radius 2 is 2.00 bits per heavy atom. The van der Waals surface area contributed by atoms with Crippen LogP contribution in [0.3, 0.4) is 0 Å². The number of cyclic esters (lactones) is 1. The first-order valence-electron chi connectivity index (χ1n) is 13.1. The lowest BCUT2D eigenvalue weighted by molar-refractivity contribution is -0.119. The maximum Gasteiger partial charge on any atom is 0.414 e. The zero-order valence-electron chi connectivity index (χ0n) is 23.3. The van der Waals surface area contributed by atoms with Crippen LogP contribution in [0.15, 0.2) is 53.7 Å². The van der Waals surface area contributed by atoms with E-state index in [9.17, 15) is 14.4 Å². The number of hydrogen-bond acceptors (Lipinski definition) is 8. The van der Waals surface area contributed by atoms with Crippen LogP contribution in [0, 0.1) is 5.82 Å². The summed E-state index contributed by atoms with van der Waals surface area (Å²) in [5, 5.41) is 13.7. The third kappa shape index (κ3) is 8.43. The Labute approximate surface area is 241 Å². The number of nitrogens with zero attached hydrogens (tertiary/aromatic N) is 4. The maximum absolute atomic E-state index is 15.2. The van der Waals surface area contributed by atoms with Gasteiger partial charge in [-0.25, -0.2) is 14.0 Å². The second kappa shape index (κ2) is 13.0. The van der Waals surface area contributed by atoms with E-state index in [1.54, 1.807) is 35.4 Å². The van der Waals surface area contributed by atoms with Gasteiger partial charge in [-0.05, 0) is 50.1 Å². The Balaban J connectivity index is 1.42. The van der Waals surface area contributed by atoms with Crippen molar-refractivity contribution < 1.29 is 28.2 Å². The van der Waals surface area contributed by atoms with E-state index in [0.29, 0.717) is 35.7 Å². The Kier molecular flexibility index (Phi) is 9.48. The predicted molar refractivity (Wildman–Crippen MR) is 152 cm³/mol. The van der Waals surface area contributed by atoms with E-state index in [4.69, 9.17) is 9.47 Å². The van der Waals surface area contributed by atoms with Crippen molar-refractivity contribution in [2.24, 2.45) is 0 Å². The molecule has 11 nitrogen and oxygen atoms in total. The third-order valence-electron chi connectivity index (χ3n) is 6.02. The topological polar surface area (TPSA) is 130 Å². The van der Waals surface area contributed by atoms with E-state index in [1.165, 1.54) is 29.7 Å². The number of carbonyl (C=O) groups is 3. The second-order valence-corrected chi connectivity index (χ2v) is 11.6. The number of nitrogens with one attached hydrogen (secondary N) is 2. The number of carbonyl (C=O) groups excluding carboxylic acids is 3. The molecule has 2 aromatic carbocycles. The Hall–Kier alpha value is -4.13. The van der Waals surface area contributed by atoms with Crippen LogP contribution in [0.4, 0.5) is 19.7 Å². The number of hydrogen-bond donors (Lipinski definition) is 2. The van der Waals surface area contributed by atoms with E-state index < -0.39 is 29.7 Å². The molecule has 3 aromatic rings. The number of H-pyrrole nitrogens is 1. The van der Waals surface area contributed by atoms with Gasteiger partial charge in [0.2, 0.25) is 5.91 Å². The number of benzene rings is 2. The summed E-state index contributed by atoms with van der Waals surface area (Å²) < 4.78 is 26.0. The van der Waals surface area contributed by atoms with E-state index in [1.807, 2.05) is 32.9 Å². The molecule has 1 aliphatic heterocycles. The smallest absolute Gasteiger partial charge is 0.414 e. The molecule has 1 aliphatic rings. The fourth-order valence-electron chi connectivity index (χ4n) is 4.10. The summed E-state index contributed by atoms with van der Waals surface area (Å²) in [7, 11) is 0. The first kappa shape index (κ1) is 29.8. The molecule has 2 heterocycles. The molecular formula is C28H33FN6O5S. The number of thioether (sulfide) groups is 1. The van der Waals surface area contributed by atoms with E-state index in [0.717, 1.165) is 10.6 Å². The lowest BCUT2D eigenvalue weighted by atomic mass is 10.0. The second-order valence-electron chi connectivity index (χ2n) is 10.5. The average Bonchev–Trinajstić information content (AvgIpc) is 3.56. The van der Waals surface area contributed by atoms with Gasteiger partial charge in [0.15, 0.2) is 0 Å². The quantitative estimate of drug-likeness (QED) is 0.331. The van der Waals surface area contributed by atoms with Crippen molar-refractivity contribution in [2.75, 3.05) is 30.3 Å². The molecule has 41 heavy (non-hydrogen) atoms. The van der Waals surface area contributed by atoms with Crippen molar-refractivity contribution in [1.29, 1.82) is 0 Å². The van der Waals surface area contributed by atoms with Crippen LogP contribution in [0.1, 0.15) is 33.3 Å². The average molecular weight is 585 g/mol. The molecule has 218 valence electrons. The number of aromatic nitrogens is 3. The van der Waals surface area contributed by atoms with Gasteiger partial charge in [-0.3, -0.25) is 14.8 Å². The first-order chi connectivity index (χ1) is 19.5. The molecule has 2 N–H and O–H groups in total. The van der Waals surface area contributed by atoms with Gasteiger partial charge in [0, 0.05) is 31.3 Å². The Bertz CT molecular complexity index is 1360. The van der Waals surface area contributed by atoms with Gasteiger partial charge >= 0.3 is 12.2 Å². The van der Waals surface area contributed by atoms with E-state index >= 15 is 4.39 Å². The summed E-state index contributed by atoms with van der Waals surface area (Å²) in [5.41, 5.74) is 1.61. The van der Waals surface area contributed by atoms with Gasteiger partial charge in [0.05, 0.1) is 25.0 Å². The summed E-state index contributed by atoms with van der Waals surface area (Å²) in [4.78, 5) is 39.3. The molecule has 1 saturated heterocycles. The molecule has 0 spiro atoms. The number of halogens is 1. The van der Waals surface area contributed by atoms with Crippen molar-refractivity contribution in [3.8, 4) is 11.1 Å². The van der Waals surface area contributed by atoms with Gasteiger partial charge < -0.3 is 19.7 Å². The third-order valence-corrected chi connectivity index (χ3v) is 6.91. The molecule has 0 aliphatic carbocycles. The van der Waals surface area contributed by atoms with Gasteiger partial charge in [0.1, 0.15) is 22.5 Å². The molecule has 1 atom stereocenters. The largest absolute Gasteiger partial charge is 0.444 e. The lowest BCUT2D eigenvalue weighted by Crippen LogP contribution is -2.37. The van der Waals surface area contributed by atoms with Gasteiger partial charge in [-0.2, -0.15) is 0 Å². The lowest BCUT2D eigenvalue weighted by Gasteiger charge is -2.27. The summed E-state index contributed by atoms with van der Waals surface area (Å²) >= 11 is 1.50. The molecule has 1 aromatic heterocycles. The first-order valence-corrected chi connectivity index (χ1v) is 14.1. The normalized spacial score (nSPS) is 15.0. The highest BCUT2D eigenvalue weighted by Gasteiger charge is 2.32. The van der Waals surface area contributed by atoms with Crippen LogP contribution in [-0.4, -0.2) is 75.5 Å². The fourth-order valence-corrected chi connectivity index (χ4v) is 4.86. The highest BCUT2D eigenvalue weighted by Crippen LogP contribution is 2.29. The molecular weight excluding hydrogens is 551 g/mol. The minimum atomic E-state index is -0.637. The van der Waals surface area contributed by atoms with Gasteiger partial charge in [0.25, 0.3) is 0 Å². The van der Waals surface area contributed by atoms with E-state index in [-0.39, 0.29) is 19.0 Å². The zero-order valence-corrected chi connectivity index (χ0v) is 24.2.